The van der Waals surface area contributed by atoms with Crippen LogP contribution in [0.2, 0.25) is 0 Å². The number of carboxylic acids is 1. The Morgan fingerprint density at radius 2 is 1.84 bits per heavy atom. The van der Waals surface area contributed by atoms with Gasteiger partial charge in [-0.2, -0.15) is 0 Å². The fraction of sp³-hybridized carbons (Fsp3) is 0.200. The van der Waals surface area contributed by atoms with Gasteiger partial charge in [0.2, 0.25) is 5.91 Å². The van der Waals surface area contributed by atoms with Gasteiger partial charge in [-0.15, -0.1) is 0 Å². The Kier molecular flexibility index (Phi) is 4.01. The van der Waals surface area contributed by atoms with Crippen LogP contribution in [-0.2, 0) is 9.59 Å². The van der Waals surface area contributed by atoms with E-state index in [0.29, 0.717) is 22.3 Å². The summed E-state index contributed by atoms with van der Waals surface area (Å²) < 4.78 is 0. The number of nitrogens with zero attached hydrogens (tertiary/aromatic N) is 2. The van der Waals surface area contributed by atoms with Crippen LogP contribution in [0.25, 0.3) is 22.2 Å². The van der Waals surface area contributed by atoms with Crippen LogP contribution in [0.3, 0.4) is 0 Å². The van der Waals surface area contributed by atoms with Crippen LogP contribution in [0.5, 0.6) is 0 Å². The van der Waals surface area contributed by atoms with Crippen LogP contribution in [0.1, 0.15) is 18.4 Å². The highest BCUT2D eigenvalue weighted by molar-refractivity contribution is 5.96. The molecule has 0 aliphatic heterocycles. The molecule has 1 aromatic carbocycles. The number of aromatic amines is 2. The summed E-state index contributed by atoms with van der Waals surface area (Å²) in [6.07, 6.45) is -0.425. The Hall–Kier alpha value is -3.56. The highest BCUT2D eigenvalue weighted by Crippen LogP contribution is 2.22. The van der Waals surface area contributed by atoms with Gasteiger partial charge in [-0.3, -0.25) is 24.4 Å². The molecule has 4 N–H and O–H groups in total. The van der Waals surface area contributed by atoms with E-state index in [9.17, 15) is 19.2 Å². The van der Waals surface area contributed by atoms with Gasteiger partial charge in [0.05, 0.1) is 17.5 Å². The van der Waals surface area contributed by atoms with Gasteiger partial charge in [-0.25, -0.2) is 14.8 Å². The lowest BCUT2D eigenvalue weighted by Crippen LogP contribution is -2.23. The number of carboxylic acid groups (broad SMARTS) is 1. The number of hydrogen-bond acceptors (Lipinski definition) is 6. The molecular formula is C15H13N5O5. The molecule has 0 saturated carbocycles. The van der Waals surface area contributed by atoms with Gasteiger partial charge in [-0.05, 0) is 24.6 Å². The average Bonchev–Trinajstić information content (AvgIpc) is 2.52. The molecule has 0 aliphatic rings. The number of anilines is 1. The number of carbonyl (C=O) groups is 2. The number of aliphatic carboxylic acids is 1. The van der Waals surface area contributed by atoms with E-state index in [1.165, 1.54) is 0 Å². The first-order valence-corrected chi connectivity index (χ1v) is 7.30. The normalized spacial score (nSPS) is 10.9. The van der Waals surface area contributed by atoms with Crippen molar-refractivity contribution in [2.75, 3.05) is 5.32 Å². The number of nitrogens with one attached hydrogen (secondary N) is 3. The van der Waals surface area contributed by atoms with Crippen molar-refractivity contribution in [2.45, 2.75) is 19.8 Å². The number of amides is 1. The SMILES string of the molecule is Cc1cc2nc3c(=O)[nH]c(=O)[nH]c3nc2cc1NC(=O)CCC(=O)O. The molecule has 128 valence electrons. The van der Waals surface area contributed by atoms with Crippen molar-refractivity contribution in [2.24, 2.45) is 0 Å². The molecule has 25 heavy (non-hydrogen) atoms. The topological polar surface area (TPSA) is 158 Å². The molecule has 3 aromatic rings. The molecule has 10 heteroatoms. The second kappa shape index (κ2) is 6.15. The molecule has 0 aliphatic carbocycles. The zero-order chi connectivity index (χ0) is 18.1. The van der Waals surface area contributed by atoms with Crippen LogP contribution < -0.4 is 16.6 Å². The highest BCUT2D eigenvalue weighted by atomic mass is 16.4. The molecule has 1 amide bonds. The van der Waals surface area contributed by atoms with Gasteiger partial charge in [0.1, 0.15) is 0 Å². The van der Waals surface area contributed by atoms with E-state index in [0.717, 1.165) is 0 Å². The lowest BCUT2D eigenvalue weighted by molar-refractivity contribution is -0.138. The second-order valence-corrected chi connectivity index (χ2v) is 5.43. The summed E-state index contributed by atoms with van der Waals surface area (Å²) in [7, 11) is 0. The largest absolute Gasteiger partial charge is 0.481 e. The molecule has 0 unspecified atom stereocenters. The number of rotatable bonds is 4. The highest BCUT2D eigenvalue weighted by Gasteiger charge is 2.11. The summed E-state index contributed by atoms with van der Waals surface area (Å²) in [5.74, 6) is -1.50. The monoisotopic (exact) mass is 343 g/mol. The minimum Gasteiger partial charge on any atom is -0.481 e. The number of H-pyrrole nitrogens is 2. The van der Waals surface area contributed by atoms with Crippen LogP contribution in [0.15, 0.2) is 21.7 Å². The predicted octanol–water partition coefficient (Wildman–Crippen LogP) is 0.271. The number of benzene rings is 1. The van der Waals surface area contributed by atoms with Gasteiger partial charge < -0.3 is 10.4 Å². The van der Waals surface area contributed by atoms with E-state index in [1.54, 1.807) is 19.1 Å². The Morgan fingerprint density at radius 3 is 2.56 bits per heavy atom. The smallest absolute Gasteiger partial charge is 0.327 e. The molecule has 0 radical (unpaired) electrons. The minimum absolute atomic E-state index is 0.00439. The van der Waals surface area contributed by atoms with Gasteiger partial charge >= 0.3 is 11.7 Å². The number of aryl methyl sites for hydroxylation is 1. The lowest BCUT2D eigenvalue weighted by Gasteiger charge is -2.09. The molecule has 3 rings (SSSR count). The van der Waals surface area contributed by atoms with Gasteiger partial charge in [0, 0.05) is 12.1 Å². The van der Waals surface area contributed by atoms with Crippen molar-refractivity contribution in [3.05, 3.63) is 38.5 Å². The summed E-state index contributed by atoms with van der Waals surface area (Å²) in [5, 5.41) is 11.2. The third-order valence-corrected chi connectivity index (χ3v) is 3.52. The minimum atomic E-state index is -1.06. The van der Waals surface area contributed by atoms with Crippen molar-refractivity contribution in [1.29, 1.82) is 0 Å². The van der Waals surface area contributed by atoms with Crippen molar-refractivity contribution < 1.29 is 14.7 Å². The zero-order valence-electron chi connectivity index (χ0n) is 13.0. The van der Waals surface area contributed by atoms with E-state index >= 15 is 0 Å². The Labute approximate surface area is 138 Å². The third-order valence-electron chi connectivity index (χ3n) is 3.52. The maximum absolute atomic E-state index is 11.8. The first-order valence-electron chi connectivity index (χ1n) is 7.30. The molecule has 0 bridgehead atoms. The standard InChI is InChI=1S/C15H13N5O5/c1-6-4-8-9(5-7(6)16-10(21)2-3-11(22)23)18-13-12(17-8)14(24)20-15(25)19-13/h4-5H,2-3H2,1H3,(H,16,21)(H,22,23)(H2,18,19,20,24,25). The molecule has 0 atom stereocenters. The molecule has 10 nitrogen and oxygen atoms in total. The molecular weight excluding hydrogens is 330 g/mol. The van der Waals surface area contributed by atoms with Crippen LogP contribution in [0.4, 0.5) is 5.69 Å². The summed E-state index contributed by atoms with van der Waals surface area (Å²) >= 11 is 0. The quantitative estimate of drug-likeness (QED) is 0.495. The summed E-state index contributed by atoms with van der Waals surface area (Å²) in [6, 6.07) is 3.19. The van der Waals surface area contributed by atoms with Crippen molar-refractivity contribution in [3.63, 3.8) is 0 Å². The number of carbonyl (C=O) groups excluding carboxylic acids is 1. The molecule has 0 fully saturated rings. The summed E-state index contributed by atoms with van der Waals surface area (Å²) in [4.78, 5) is 58.3. The molecule has 0 spiro atoms. The maximum atomic E-state index is 11.8. The molecule has 0 saturated heterocycles. The third kappa shape index (κ3) is 3.37. The maximum Gasteiger partial charge on any atom is 0.327 e. The predicted molar refractivity (Wildman–Crippen MR) is 88.5 cm³/mol. The first-order chi connectivity index (χ1) is 11.8. The lowest BCUT2D eigenvalue weighted by atomic mass is 10.1. The van der Waals surface area contributed by atoms with E-state index in [2.05, 4.69) is 25.3 Å². The van der Waals surface area contributed by atoms with E-state index < -0.39 is 23.1 Å². The Bertz CT molecular complexity index is 1130. The number of fused-ring (bicyclic) bond motifs is 2. The summed E-state index contributed by atoms with van der Waals surface area (Å²) in [6.45, 7) is 1.73. The Balaban J connectivity index is 2.04. The van der Waals surface area contributed by atoms with Gasteiger partial charge in [0.25, 0.3) is 5.56 Å². The fourth-order valence-corrected chi connectivity index (χ4v) is 2.32. The van der Waals surface area contributed by atoms with Crippen molar-refractivity contribution >= 4 is 39.8 Å². The van der Waals surface area contributed by atoms with Crippen LogP contribution in [0, 0.1) is 6.92 Å². The fourth-order valence-electron chi connectivity index (χ4n) is 2.32. The van der Waals surface area contributed by atoms with E-state index in [1.807, 2.05) is 0 Å². The van der Waals surface area contributed by atoms with E-state index in [-0.39, 0.29) is 24.0 Å². The van der Waals surface area contributed by atoms with Gasteiger partial charge in [0.15, 0.2) is 11.2 Å². The van der Waals surface area contributed by atoms with Gasteiger partial charge in [-0.1, -0.05) is 0 Å². The van der Waals surface area contributed by atoms with Crippen LogP contribution in [-0.4, -0.2) is 36.9 Å². The first kappa shape index (κ1) is 16.3. The second-order valence-electron chi connectivity index (χ2n) is 5.43. The van der Waals surface area contributed by atoms with Crippen LogP contribution >= 0.6 is 0 Å². The number of aromatic nitrogens is 4. The Morgan fingerprint density at radius 1 is 1.12 bits per heavy atom. The molecule has 2 aromatic heterocycles. The molecule has 2 heterocycles. The summed E-state index contributed by atoms with van der Waals surface area (Å²) in [5.41, 5.74) is 0.615. The number of hydrogen-bond donors (Lipinski definition) is 4. The zero-order valence-corrected chi connectivity index (χ0v) is 13.0. The van der Waals surface area contributed by atoms with Crippen molar-refractivity contribution in [1.82, 2.24) is 19.9 Å². The van der Waals surface area contributed by atoms with E-state index in [4.69, 9.17) is 5.11 Å². The van der Waals surface area contributed by atoms with Crippen molar-refractivity contribution in [3.8, 4) is 0 Å². The average molecular weight is 343 g/mol.